The van der Waals surface area contributed by atoms with Gasteiger partial charge in [-0.2, -0.15) is 11.3 Å². The molecule has 1 saturated carbocycles. The van der Waals surface area contributed by atoms with Gasteiger partial charge in [-0.3, -0.25) is 4.90 Å². The predicted molar refractivity (Wildman–Crippen MR) is 78.1 cm³/mol. The molecule has 0 saturated heterocycles. The van der Waals surface area contributed by atoms with Gasteiger partial charge in [-0.05, 0) is 54.4 Å². The first kappa shape index (κ1) is 12.9. The van der Waals surface area contributed by atoms with Crippen molar-refractivity contribution >= 4 is 11.3 Å². The fraction of sp³-hybridized carbons (Fsp3) is 0.467. The van der Waals surface area contributed by atoms with Crippen LogP contribution in [0.5, 0.6) is 0 Å². The summed E-state index contributed by atoms with van der Waals surface area (Å²) in [4.78, 5) is 2.53. The maximum atomic E-state index is 5.85. The Morgan fingerprint density at radius 1 is 1.26 bits per heavy atom. The SMILES string of the molecule is CNCc1ccc(CN(Cc2ccsc2)C2CC2)o1. The summed E-state index contributed by atoms with van der Waals surface area (Å²) in [5, 5.41) is 7.51. The number of nitrogens with zero attached hydrogens (tertiary/aromatic N) is 1. The normalized spacial score (nSPS) is 15.3. The standard InChI is InChI=1S/C15H20N2OS/c1-16-8-14-4-5-15(18-14)10-17(13-2-3-13)9-12-6-7-19-11-12/h4-7,11,13,16H,2-3,8-10H2,1H3. The molecule has 0 radical (unpaired) electrons. The summed E-state index contributed by atoms with van der Waals surface area (Å²) in [7, 11) is 1.94. The van der Waals surface area contributed by atoms with Crippen molar-refractivity contribution in [3.05, 3.63) is 46.0 Å². The van der Waals surface area contributed by atoms with Crippen molar-refractivity contribution in [3.63, 3.8) is 0 Å². The quantitative estimate of drug-likeness (QED) is 0.841. The first-order chi connectivity index (χ1) is 9.35. The lowest BCUT2D eigenvalue weighted by atomic mass is 10.3. The van der Waals surface area contributed by atoms with Crippen molar-refractivity contribution in [1.82, 2.24) is 10.2 Å². The lowest BCUT2D eigenvalue weighted by molar-refractivity contribution is 0.223. The average Bonchev–Trinajstić information content (AvgIpc) is 2.95. The molecule has 0 aromatic carbocycles. The predicted octanol–water partition coefficient (Wildman–Crippen LogP) is 3.23. The van der Waals surface area contributed by atoms with E-state index >= 15 is 0 Å². The van der Waals surface area contributed by atoms with Crippen molar-refractivity contribution in [2.45, 2.75) is 38.5 Å². The van der Waals surface area contributed by atoms with E-state index in [0.29, 0.717) is 0 Å². The minimum atomic E-state index is 0.748. The second kappa shape index (κ2) is 5.90. The molecular weight excluding hydrogens is 256 g/mol. The summed E-state index contributed by atoms with van der Waals surface area (Å²) in [6.45, 7) is 2.76. The zero-order valence-electron chi connectivity index (χ0n) is 11.3. The summed E-state index contributed by atoms with van der Waals surface area (Å²) in [5.41, 5.74) is 1.42. The van der Waals surface area contributed by atoms with E-state index in [4.69, 9.17) is 4.42 Å². The van der Waals surface area contributed by atoms with Crippen LogP contribution in [0.1, 0.15) is 29.9 Å². The Bertz CT molecular complexity index is 502. The van der Waals surface area contributed by atoms with Crippen molar-refractivity contribution in [1.29, 1.82) is 0 Å². The Kier molecular flexibility index (Phi) is 4.01. The molecule has 0 unspecified atom stereocenters. The molecule has 4 heteroatoms. The molecule has 102 valence electrons. The third-order valence-electron chi connectivity index (χ3n) is 3.46. The highest BCUT2D eigenvalue weighted by molar-refractivity contribution is 7.07. The molecule has 0 spiro atoms. The van der Waals surface area contributed by atoms with Crippen molar-refractivity contribution in [3.8, 4) is 0 Å². The minimum absolute atomic E-state index is 0.748. The van der Waals surface area contributed by atoms with Crippen LogP contribution >= 0.6 is 11.3 Å². The number of rotatable bonds is 7. The van der Waals surface area contributed by atoms with Gasteiger partial charge in [0.05, 0.1) is 13.1 Å². The van der Waals surface area contributed by atoms with Crippen LogP contribution in [0.4, 0.5) is 0 Å². The average molecular weight is 276 g/mol. The van der Waals surface area contributed by atoms with Crippen molar-refractivity contribution < 1.29 is 4.42 Å². The highest BCUT2D eigenvalue weighted by atomic mass is 32.1. The molecule has 2 aromatic rings. The Morgan fingerprint density at radius 3 is 2.79 bits per heavy atom. The van der Waals surface area contributed by atoms with Gasteiger partial charge in [-0.1, -0.05) is 0 Å². The van der Waals surface area contributed by atoms with E-state index in [0.717, 1.165) is 37.2 Å². The lowest BCUT2D eigenvalue weighted by Gasteiger charge is -2.20. The van der Waals surface area contributed by atoms with Crippen molar-refractivity contribution in [2.24, 2.45) is 0 Å². The van der Waals surface area contributed by atoms with Gasteiger partial charge in [0.1, 0.15) is 11.5 Å². The number of nitrogens with one attached hydrogen (secondary N) is 1. The molecule has 3 nitrogen and oxygen atoms in total. The Balaban J connectivity index is 1.63. The molecule has 0 aliphatic heterocycles. The Morgan fingerprint density at radius 2 is 2.11 bits per heavy atom. The van der Waals surface area contributed by atoms with Crippen LogP contribution in [0.25, 0.3) is 0 Å². The molecule has 0 atom stereocenters. The number of hydrogen-bond donors (Lipinski definition) is 1. The minimum Gasteiger partial charge on any atom is -0.463 e. The van der Waals surface area contributed by atoms with Gasteiger partial charge in [0.25, 0.3) is 0 Å². The van der Waals surface area contributed by atoms with E-state index in [9.17, 15) is 0 Å². The van der Waals surface area contributed by atoms with Crippen LogP contribution in [0.2, 0.25) is 0 Å². The molecule has 1 N–H and O–H groups in total. The summed E-state index contributed by atoms with van der Waals surface area (Å²) < 4.78 is 5.85. The fourth-order valence-electron chi connectivity index (χ4n) is 2.35. The largest absolute Gasteiger partial charge is 0.463 e. The number of furan rings is 1. The smallest absolute Gasteiger partial charge is 0.118 e. The van der Waals surface area contributed by atoms with E-state index in [1.165, 1.54) is 18.4 Å². The molecule has 1 aliphatic carbocycles. The lowest BCUT2D eigenvalue weighted by Crippen LogP contribution is -2.24. The first-order valence-corrected chi connectivity index (χ1v) is 7.77. The zero-order chi connectivity index (χ0) is 13.1. The molecule has 1 aliphatic rings. The molecule has 19 heavy (non-hydrogen) atoms. The molecule has 2 heterocycles. The van der Waals surface area contributed by atoms with Gasteiger partial charge >= 0.3 is 0 Å². The second-order valence-electron chi connectivity index (χ2n) is 5.17. The maximum absolute atomic E-state index is 5.85. The van der Waals surface area contributed by atoms with Crippen LogP contribution in [-0.4, -0.2) is 18.0 Å². The van der Waals surface area contributed by atoms with Gasteiger partial charge in [0.15, 0.2) is 0 Å². The highest BCUT2D eigenvalue weighted by Crippen LogP contribution is 2.30. The van der Waals surface area contributed by atoms with Gasteiger partial charge in [-0.15, -0.1) is 0 Å². The van der Waals surface area contributed by atoms with E-state index in [1.54, 1.807) is 11.3 Å². The Labute approximate surface area is 118 Å². The van der Waals surface area contributed by atoms with Gasteiger partial charge < -0.3 is 9.73 Å². The molecule has 0 bridgehead atoms. The Hall–Kier alpha value is -1.10. The van der Waals surface area contributed by atoms with E-state index in [1.807, 2.05) is 7.05 Å². The van der Waals surface area contributed by atoms with Gasteiger partial charge in [0.2, 0.25) is 0 Å². The summed E-state index contributed by atoms with van der Waals surface area (Å²) >= 11 is 1.77. The zero-order valence-corrected chi connectivity index (χ0v) is 12.1. The van der Waals surface area contributed by atoms with Gasteiger partial charge in [-0.25, -0.2) is 0 Å². The maximum Gasteiger partial charge on any atom is 0.118 e. The summed E-state index contributed by atoms with van der Waals surface area (Å²) in [6.07, 6.45) is 2.66. The van der Waals surface area contributed by atoms with Crippen LogP contribution in [0.15, 0.2) is 33.4 Å². The topological polar surface area (TPSA) is 28.4 Å². The number of thiophene rings is 1. The monoisotopic (exact) mass is 276 g/mol. The first-order valence-electron chi connectivity index (χ1n) is 6.82. The third-order valence-corrected chi connectivity index (χ3v) is 4.19. The molecule has 2 aromatic heterocycles. The van der Waals surface area contributed by atoms with Crippen molar-refractivity contribution in [2.75, 3.05) is 7.05 Å². The molecule has 1 fully saturated rings. The van der Waals surface area contributed by atoms with E-state index in [2.05, 4.69) is 39.2 Å². The van der Waals surface area contributed by atoms with Crippen LogP contribution in [0.3, 0.4) is 0 Å². The van der Waals surface area contributed by atoms with Crippen LogP contribution in [-0.2, 0) is 19.6 Å². The third kappa shape index (κ3) is 3.47. The van der Waals surface area contributed by atoms with E-state index in [-0.39, 0.29) is 0 Å². The summed E-state index contributed by atoms with van der Waals surface area (Å²) in [5.74, 6) is 2.09. The molecular formula is C15H20N2OS. The van der Waals surface area contributed by atoms with Crippen LogP contribution < -0.4 is 5.32 Å². The fourth-order valence-corrected chi connectivity index (χ4v) is 3.01. The highest BCUT2D eigenvalue weighted by Gasteiger charge is 2.29. The summed E-state index contributed by atoms with van der Waals surface area (Å²) in [6, 6.07) is 7.14. The number of hydrogen-bond acceptors (Lipinski definition) is 4. The van der Waals surface area contributed by atoms with Gasteiger partial charge in [0, 0.05) is 12.6 Å². The van der Waals surface area contributed by atoms with Crippen LogP contribution in [0, 0.1) is 0 Å². The molecule has 3 rings (SSSR count). The van der Waals surface area contributed by atoms with E-state index < -0.39 is 0 Å². The second-order valence-corrected chi connectivity index (χ2v) is 5.95. The molecule has 0 amide bonds.